The van der Waals surface area contributed by atoms with E-state index < -0.39 is 0 Å². The Kier molecular flexibility index (Phi) is 6.05. The van der Waals surface area contributed by atoms with Gasteiger partial charge in [-0.3, -0.25) is 4.98 Å². The molecule has 0 fully saturated rings. The zero-order chi connectivity index (χ0) is 18.5. The summed E-state index contributed by atoms with van der Waals surface area (Å²) in [6.45, 7) is 4.80. The highest BCUT2D eigenvalue weighted by Crippen LogP contribution is 2.27. The second kappa shape index (κ2) is 8.46. The number of nitrogens with one attached hydrogen (secondary N) is 1. The van der Waals surface area contributed by atoms with Gasteiger partial charge < -0.3 is 5.32 Å². The number of nitrogens with zero attached hydrogens (tertiary/aromatic N) is 4. The molecule has 0 unspecified atom stereocenters. The highest BCUT2D eigenvalue weighted by Gasteiger charge is 2.14. The first-order valence-corrected chi connectivity index (χ1v) is 9.77. The number of amides is 2. The van der Waals surface area contributed by atoms with Gasteiger partial charge in [0.05, 0.1) is 11.1 Å². The fourth-order valence-electron chi connectivity index (χ4n) is 2.45. The Morgan fingerprint density at radius 2 is 2.08 bits per heavy atom. The number of pyridine rings is 1. The number of anilines is 1. The lowest BCUT2D eigenvalue weighted by atomic mass is 10.2. The Morgan fingerprint density at radius 3 is 2.81 bits per heavy atom. The first-order chi connectivity index (χ1) is 12.6. The third kappa shape index (κ3) is 4.31. The first-order valence-electron chi connectivity index (χ1n) is 8.56. The molecule has 3 rings (SSSR count). The molecule has 3 aromatic rings. The molecule has 0 radical (unpaired) electrons. The van der Waals surface area contributed by atoms with Gasteiger partial charge >= 0.3 is 6.03 Å². The van der Waals surface area contributed by atoms with Gasteiger partial charge in [-0.1, -0.05) is 32.6 Å². The molecule has 136 valence electrons. The number of carbonyl (C=O) groups is 1. The number of aromatic nitrogens is 3. The van der Waals surface area contributed by atoms with Crippen molar-refractivity contribution in [3.8, 4) is 10.6 Å². The smallest absolute Gasteiger partial charge is 0.333 e. The molecule has 0 bridgehead atoms. The van der Waals surface area contributed by atoms with Gasteiger partial charge in [-0.05, 0) is 37.6 Å². The van der Waals surface area contributed by atoms with E-state index in [9.17, 15) is 4.79 Å². The highest BCUT2D eigenvalue weighted by molar-refractivity contribution is 7.82. The molecular formula is C18H21N5OS2. The summed E-state index contributed by atoms with van der Waals surface area (Å²) in [7, 11) is 0. The van der Waals surface area contributed by atoms with Gasteiger partial charge in [-0.2, -0.15) is 0 Å². The summed E-state index contributed by atoms with van der Waals surface area (Å²) in [5.41, 5.74) is 1.94. The van der Waals surface area contributed by atoms with Crippen LogP contribution >= 0.6 is 24.2 Å². The van der Waals surface area contributed by atoms with E-state index in [1.54, 1.807) is 29.7 Å². The van der Waals surface area contributed by atoms with Crippen molar-refractivity contribution in [2.75, 3.05) is 10.8 Å². The molecule has 0 aliphatic carbocycles. The molecule has 2 amide bonds. The number of fused-ring (bicyclic) bond motifs is 1. The highest BCUT2D eigenvalue weighted by atomic mass is 32.1. The van der Waals surface area contributed by atoms with Crippen LogP contribution < -0.4 is 9.62 Å². The van der Waals surface area contributed by atoms with Crippen LogP contribution in [0.5, 0.6) is 0 Å². The predicted octanol–water partition coefficient (Wildman–Crippen LogP) is 4.61. The number of thiophene rings is 1. The summed E-state index contributed by atoms with van der Waals surface area (Å²) < 4.78 is 1.20. The normalized spacial score (nSPS) is 10.9. The average molecular weight is 388 g/mol. The first kappa shape index (κ1) is 18.6. The molecule has 0 aliphatic heterocycles. The Morgan fingerprint density at radius 1 is 1.23 bits per heavy atom. The van der Waals surface area contributed by atoms with Crippen molar-refractivity contribution in [2.24, 2.45) is 0 Å². The number of hydrogen-bond donors (Lipinski definition) is 2. The number of aryl methyl sites for hydroxylation is 1. The van der Waals surface area contributed by atoms with E-state index in [-0.39, 0.29) is 6.03 Å². The van der Waals surface area contributed by atoms with Crippen LogP contribution in [0.25, 0.3) is 21.7 Å². The van der Waals surface area contributed by atoms with Crippen LogP contribution in [-0.2, 0) is 0 Å². The maximum Gasteiger partial charge on any atom is 0.333 e. The van der Waals surface area contributed by atoms with Crippen molar-refractivity contribution in [1.82, 2.24) is 20.3 Å². The van der Waals surface area contributed by atoms with Crippen LogP contribution in [0.15, 0.2) is 30.5 Å². The molecule has 0 spiro atoms. The molecule has 0 aromatic carbocycles. The van der Waals surface area contributed by atoms with Gasteiger partial charge in [0.2, 0.25) is 0 Å². The van der Waals surface area contributed by atoms with Crippen LogP contribution in [0.1, 0.15) is 31.1 Å². The van der Waals surface area contributed by atoms with Gasteiger partial charge in [-0.25, -0.2) is 19.1 Å². The topological polar surface area (TPSA) is 71.0 Å². The summed E-state index contributed by atoms with van der Waals surface area (Å²) in [6.07, 6.45) is 4.89. The lowest BCUT2D eigenvalue weighted by Gasteiger charge is -2.15. The van der Waals surface area contributed by atoms with Crippen LogP contribution in [0, 0.1) is 6.92 Å². The lowest BCUT2D eigenvalue weighted by Crippen LogP contribution is -2.35. The molecule has 0 saturated carbocycles. The number of thiol groups is 1. The quantitative estimate of drug-likeness (QED) is 0.478. The largest absolute Gasteiger partial charge is 0.337 e. The minimum absolute atomic E-state index is 0.297. The number of hydrogen-bond acceptors (Lipinski definition) is 6. The number of carbonyl (C=O) groups excluding carboxylic acids is 1. The van der Waals surface area contributed by atoms with E-state index >= 15 is 0 Å². The fourth-order valence-corrected chi connectivity index (χ4v) is 3.45. The van der Waals surface area contributed by atoms with Crippen LogP contribution in [0.2, 0.25) is 0 Å². The zero-order valence-electron chi connectivity index (χ0n) is 14.8. The van der Waals surface area contributed by atoms with Gasteiger partial charge in [-0.15, -0.1) is 11.3 Å². The van der Waals surface area contributed by atoms with E-state index in [2.05, 4.69) is 46.9 Å². The molecule has 0 aliphatic rings. The Bertz CT molecular complexity index is 911. The van der Waals surface area contributed by atoms with Crippen molar-refractivity contribution < 1.29 is 4.79 Å². The molecule has 8 heteroatoms. The fraction of sp³-hybridized carbons (Fsp3) is 0.333. The number of unbranched alkanes of at least 4 members (excludes halogenated alkanes) is 2. The summed E-state index contributed by atoms with van der Waals surface area (Å²) in [5.74, 6) is 0.419. The summed E-state index contributed by atoms with van der Waals surface area (Å²) >= 11 is 5.93. The Labute approximate surface area is 162 Å². The molecule has 3 heterocycles. The van der Waals surface area contributed by atoms with Crippen molar-refractivity contribution in [1.29, 1.82) is 0 Å². The Balaban J connectivity index is 1.79. The van der Waals surface area contributed by atoms with E-state index in [4.69, 9.17) is 0 Å². The zero-order valence-corrected chi connectivity index (χ0v) is 16.5. The van der Waals surface area contributed by atoms with E-state index in [0.29, 0.717) is 23.5 Å². The summed E-state index contributed by atoms with van der Waals surface area (Å²) in [6, 6.07) is 7.28. The third-order valence-corrected chi connectivity index (χ3v) is 5.26. The maximum atomic E-state index is 12.2. The molecule has 0 saturated heterocycles. The molecule has 3 aromatic heterocycles. The number of rotatable bonds is 6. The minimum atomic E-state index is -0.297. The van der Waals surface area contributed by atoms with E-state index in [1.807, 2.05) is 12.1 Å². The second-order valence-corrected chi connectivity index (χ2v) is 7.62. The lowest BCUT2D eigenvalue weighted by molar-refractivity contribution is 0.249. The molecular weight excluding hydrogens is 366 g/mol. The van der Waals surface area contributed by atoms with Crippen LogP contribution in [0.3, 0.4) is 0 Å². The van der Waals surface area contributed by atoms with E-state index in [0.717, 1.165) is 29.8 Å². The molecule has 26 heavy (non-hydrogen) atoms. The van der Waals surface area contributed by atoms with Crippen LogP contribution in [0.4, 0.5) is 10.6 Å². The van der Waals surface area contributed by atoms with E-state index in [1.165, 1.54) is 9.18 Å². The van der Waals surface area contributed by atoms with Gasteiger partial charge in [0.15, 0.2) is 5.65 Å². The second-order valence-electron chi connectivity index (χ2n) is 5.93. The summed E-state index contributed by atoms with van der Waals surface area (Å²) in [4.78, 5) is 27.9. The van der Waals surface area contributed by atoms with Crippen molar-refractivity contribution >= 4 is 47.2 Å². The maximum absolute atomic E-state index is 12.2. The summed E-state index contributed by atoms with van der Waals surface area (Å²) in [5, 5.41) is 2.84. The number of urea groups is 1. The van der Waals surface area contributed by atoms with Gasteiger partial charge in [0, 0.05) is 11.4 Å². The minimum Gasteiger partial charge on any atom is -0.337 e. The van der Waals surface area contributed by atoms with Crippen molar-refractivity contribution in [3.63, 3.8) is 0 Å². The molecule has 1 N–H and O–H groups in total. The van der Waals surface area contributed by atoms with Gasteiger partial charge in [0.1, 0.15) is 17.0 Å². The SMILES string of the molecule is CCCCCNC(=O)N(S)c1ccc2ncc(-c3ccc(C)s3)nc2n1. The van der Waals surface area contributed by atoms with Gasteiger partial charge in [0.25, 0.3) is 0 Å². The van der Waals surface area contributed by atoms with Crippen molar-refractivity contribution in [2.45, 2.75) is 33.1 Å². The molecule has 6 nitrogen and oxygen atoms in total. The van der Waals surface area contributed by atoms with Crippen molar-refractivity contribution in [3.05, 3.63) is 35.3 Å². The average Bonchev–Trinajstić information content (AvgIpc) is 3.10. The van der Waals surface area contributed by atoms with Crippen LogP contribution in [-0.4, -0.2) is 27.5 Å². The monoisotopic (exact) mass is 387 g/mol. The Hall–Kier alpha value is -2.19. The third-order valence-electron chi connectivity index (χ3n) is 3.85. The molecule has 0 atom stereocenters. The predicted molar refractivity (Wildman–Crippen MR) is 110 cm³/mol. The standard InChI is InChI=1S/C18H21N5OS2/c1-3-4-5-10-19-18(24)23(25)16-9-7-13-17(22-16)21-14(11-20-13)15-8-6-12(2)26-15/h6-9,11,25H,3-5,10H2,1-2H3,(H,19,24).